The minimum Gasteiger partial charge on any atom is -0.756 e. The van der Waals surface area contributed by atoms with Crippen LogP contribution < -0.4 is 31.1 Å². The number of allylic oxidation sites excluding steroid dienone is 4. The molecule has 1 aromatic rings. The van der Waals surface area contributed by atoms with Crippen molar-refractivity contribution in [3.8, 4) is 5.75 Å². The van der Waals surface area contributed by atoms with Gasteiger partial charge in [0.05, 0.1) is 77.8 Å². The first-order valence-corrected chi connectivity index (χ1v) is 49.5. The Morgan fingerprint density at radius 1 is 0.378 bits per heavy atom. The highest BCUT2D eigenvalue weighted by molar-refractivity contribution is 7.46. The molecule has 6 atom stereocenters. The molecule has 0 radical (unpaired) electrons. The van der Waals surface area contributed by atoms with Crippen LogP contribution in [-0.4, -0.2) is 142 Å². The van der Waals surface area contributed by atoms with E-state index in [1.165, 1.54) is 114 Å². The molecule has 0 saturated carbocycles. The summed E-state index contributed by atoms with van der Waals surface area (Å²) in [6.07, 6.45) is 53.2. The van der Waals surface area contributed by atoms with E-state index in [-0.39, 0.29) is 87.8 Å². The molecule has 4 amide bonds. The Morgan fingerprint density at radius 2 is 0.697 bits per heavy atom. The van der Waals surface area contributed by atoms with Crippen LogP contribution in [0, 0.1) is 5.92 Å². The van der Waals surface area contributed by atoms with Gasteiger partial charge in [-0.1, -0.05) is 271 Å². The van der Waals surface area contributed by atoms with Crippen molar-refractivity contribution >= 4 is 62.8 Å². The third-order valence-corrected chi connectivity index (χ3v) is 22.6. The second-order valence-electron chi connectivity index (χ2n) is 32.1. The number of hydrogen-bond donors (Lipinski definition) is 5. The molecule has 688 valence electrons. The second kappa shape index (κ2) is 77.6. The van der Waals surface area contributed by atoms with Crippen LogP contribution in [0.4, 0.5) is 0 Å². The number of benzene rings is 1. The number of amides is 4. The van der Waals surface area contributed by atoms with Crippen LogP contribution in [0.1, 0.15) is 381 Å². The van der Waals surface area contributed by atoms with Gasteiger partial charge in [-0.25, -0.2) is 0 Å². The van der Waals surface area contributed by atoms with Gasteiger partial charge in [0.1, 0.15) is 35.4 Å². The zero-order valence-electron chi connectivity index (χ0n) is 74.6. The van der Waals surface area contributed by atoms with E-state index in [4.69, 9.17) is 37.0 Å². The summed E-state index contributed by atoms with van der Waals surface area (Å²) in [5, 5.41) is 20.4. The second-order valence-corrected chi connectivity index (χ2v) is 34.9. The Hall–Kier alpha value is -5.20. The van der Waals surface area contributed by atoms with Gasteiger partial charge in [-0.2, -0.15) is 0 Å². The van der Waals surface area contributed by atoms with Crippen LogP contribution in [-0.2, 0) is 90.9 Å². The number of phenols is 1. The summed E-state index contributed by atoms with van der Waals surface area (Å²) in [5.74, 6) is -5.75. The topological polar surface area (TPSA) is 359 Å². The van der Waals surface area contributed by atoms with Gasteiger partial charge >= 0.3 is 11.9 Å². The van der Waals surface area contributed by atoms with Crippen LogP contribution in [0.5, 0.6) is 5.75 Å². The number of carbonyl (C=O) groups excluding carboxylic acids is 8. The van der Waals surface area contributed by atoms with E-state index in [9.17, 15) is 62.4 Å². The van der Waals surface area contributed by atoms with E-state index in [2.05, 4.69) is 87.1 Å². The smallest absolute Gasteiger partial charge is 0.306 e. The summed E-state index contributed by atoms with van der Waals surface area (Å²) in [7, 11) is -10.4. The van der Waals surface area contributed by atoms with Crippen LogP contribution in [0.25, 0.3) is 0 Å². The zero-order valence-corrected chi connectivity index (χ0v) is 76.3. The van der Waals surface area contributed by atoms with E-state index in [0.717, 1.165) is 154 Å². The number of phenolic OH excluding ortho intramolecular Hbond substituents is 1. The molecule has 119 heavy (non-hydrogen) atoms. The molecule has 0 heterocycles. The number of esters is 2. The molecule has 0 spiro atoms. The van der Waals surface area contributed by atoms with Crippen molar-refractivity contribution in [2.75, 3.05) is 65.9 Å². The number of rotatable bonds is 86. The molecule has 0 aromatic heterocycles. The lowest BCUT2D eigenvalue weighted by Crippen LogP contribution is -2.44. The van der Waals surface area contributed by atoms with E-state index in [0.29, 0.717) is 56.9 Å². The number of carbonyl (C=O) groups is 8. The summed E-state index contributed by atoms with van der Waals surface area (Å²) in [6, 6.07) is 3.54. The SMILES string of the molecule is CCCCCC/C=C\CCCC(=O)OC(CCCCCCC)CCOCC(COP(=O)([O-])OCCNC(=O)C(Cc1ccc(O)cc1)C(=O)NCCOP(=O)([O-])OCC(COCCC(CCCCCCC)OC(=O)CCC/C=C\CCCCCC)NC(=O)CC(=O)CCCCCCCCCCC)NC(=O)CC(=O)CCCCCCCCCCC. The zero-order chi connectivity index (χ0) is 87.4. The monoisotopic (exact) mass is 1720 g/mol. The van der Waals surface area contributed by atoms with Gasteiger partial charge in [0.25, 0.3) is 15.6 Å². The molecule has 25 nitrogen and oxygen atoms in total. The van der Waals surface area contributed by atoms with E-state index in [1.807, 2.05) is 0 Å². The number of aromatic hydroxyl groups is 1. The molecule has 0 fully saturated rings. The van der Waals surface area contributed by atoms with Crippen molar-refractivity contribution in [2.45, 2.75) is 406 Å². The van der Waals surface area contributed by atoms with Crippen molar-refractivity contribution in [1.29, 1.82) is 0 Å². The Labute approximate surface area is 717 Å². The van der Waals surface area contributed by atoms with Crippen LogP contribution >= 0.6 is 15.6 Å². The van der Waals surface area contributed by atoms with Crippen LogP contribution in [0.2, 0.25) is 0 Å². The fraction of sp³-hybridized carbons (Fsp3) is 0.804. The third-order valence-electron chi connectivity index (χ3n) is 20.7. The molecule has 6 unspecified atom stereocenters. The minimum atomic E-state index is -5.18. The summed E-state index contributed by atoms with van der Waals surface area (Å²) in [5.41, 5.74) is 0.445. The lowest BCUT2D eigenvalue weighted by atomic mass is 9.97. The Balaban J connectivity index is 3.17. The standard InChI is InChI=1S/C92H164N4O21P2/c1-7-13-19-25-29-33-37-43-47-53-82(98)72-87(100)95-79(74-110-67-63-84(55-49-41-23-17-11-5)116-89(102)57-51-45-39-35-31-27-21-15-9-3)76-114-118(106,107)112-69-65-93-91(104)86(71-78-59-61-81(97)62-60-78)92(105)94-66-70-113-119(108,109)115-77-80(96-88(101)73-83(99)54-48-44-38-34-30-26-20-14-8-2)75-111-68-64-85(56-50-42-24-18-12-6)117-90(103)58-52-46-40-36-32-28-22-16-10-4/h35-36,39-40,59-62,79-80,84-86,97H,7-34,37-38,41-58,63-77H2,1-6H3,(H,93,104)(H,94,105)(H,95,100)(H,96,101)(H,106,107)(H,108,109)/p-2/b39-35-,40-36-. The fourth-order valence-corrected chi connectivity index (χ4v) is 15.1. The minimum absolute atomic E-state index is 0.0808. The lowest BCUT2D eigenvalue weighted by Gasteiger charge is -2.27. The Bertz CT molecular complexity index is 2740. The third kappa shape index (κ3) is 69.9. The number of Topliss-reactive ketones (excluding diaryl/α,β-unsaturated/α-hetero) is 2. The number of hydrogen-bond acceptors (Lipinski definition) is 21. The maximum Gasteiger partial charge on any atom is 0.306 e. The molecule has 0 aliphatic heterocycles. The van der Waals surface area contributed by atoms with Gasteiger partial charge in [-0.15, -0.1) is 0 Å². The fourth-order valence-electron chi connectivity index (χ4n) is 13.6. The summed E-state index contributed by atoms with van der Waals surface area (Å²) in [4.78, 5) is 133. The summed E-state index contributed by atoms with van der Waals surface area (Å²) >= 11 is 0. The quantitative estimate of drug-likeness (QED) is 0.0133. The molecule has 27 heteroatoms. The predicted octanol–water partition coefficient (Wildman–Crippen LogP) is 19.3. The number of ketones is 2. The molecule has 0 saturated heterocycles. The number of phosphoric acid groups is 2. The molecule has 0 aliphatic rings. The van der Waals surface area contributed by atoms with Crippen LogP contribution in [0.3, 0.4) is 0 Å². The number of unbranched alkanes of at least 4 members (excludes halogenated alkanes) is 34. The molecule has 0 aliphatic carbocycles. The van der Waals surface area contributed by atoms with Crippen molar-refractivity contribution < 1.29 is 99.4 Å². The molecule has 0 bridgehead atoms. The Kier molecular flexibility index (Phi) is 72.9. The van der Waals surface area contributed by atoms with Gasteiger partial charge in [-0.3, -0.25) is 47.5 Å². The maximum absolute atomic E-state index is 13.9. The van der Waals surface area contributed by atoms with Crippen molar-refractivity contribution in [1.82, 2.24) is 21.3 Å². The van der Waals surface area contributed by atoms with E-state index in [1.54, 1.807) is 0 Å². The van der Waals surface area contributed by atoms with Crippen molar-refractivity contribution in [3.05, 3.63) is 54.1 Å². The Morgan fingerprint density at radius 3 is 1.05 bits per heavy atom. The average molecular weight is 1720 g/mol. The summed E-state index contributed by atoms with van der Waals surface area (Å²) < 4.78 is 71.4. The number of phosphoric ester groups is 2. The van der Waals surface area contributed by atoms with E-state index >= 15 is 0 Å². The highest BCUT2D eigenvalue weighted by Gasteiger charge is 2.29. The largest absolute Gasteiger partial charge is 0.756 e. The van der Waals surface area contributed by atoms with Gasteiger partial charge in [0.2, 0.25) is 23.6 Å². The van der Waals surface area contributed by atoms with Gasteiger partial charge < -0.3 is 73.2 Å². The molecule has 5 N–H and O–H groups in total. The van der Waals surface area contributed by atoms with Gasteiger partial charge in [0, 0.05) is 51.6 Å². The highest BCUT2D eigenvalue weighted by atomic mass is 31.2. The predicted molar refractivity (Wildman–Crippen MR) is 468 cm³/mol. The molecular weight excluding hydrogens is 1560 g/mol. The maximum atomic E-state index is 13.9. The van der Waals surface area contributed by atoms with Gasteiger partial charge in [0.15, 0.2) is 0 Å². The first-order chi connectivity index (χ1) is 57.6. The first-order valence-electron chi connectivity index (χ1n) is 46.6. The van der Waals surface area contributed by atoms with Crippen molar-refractivity contribution in [3.63, 3.8) is 0 Å². The van der Waals surface area contributed by atoms with Gasteiger partial charge in [-0.05, 0) is 114 Å². The summed E-state index contributed by atoms with van der Waals surface area (Å²) in [6.45, 7) is 9.18. The lowest BCUT2D eigenvalue weighted by molar-refractivity contribution is -0.227. The van der Waals surface area contributed by atoms with E-state index < -0.39 is 122 Å². The van der Waals surface area contributed by atoms with Crippen LogP contribution in [0.15, 0.2) is 48.6 Å². The average Bonchev–Trinajstić information content (AvgIpc) is 0.860. The highest BCUT2D eigenvalue weighted by Crippen LogP contribution is 2.39. The number of ether oxygens (including phenoxy) is 4. The molecule has 1 rings (SSSR count). The number of nitrogens with one attached hydrogen (secondary N) is 4. The first kappa shape index (κ1) is 112. The molecule has 1 aromatic carbocycles. The molecular formula is C92H162N4O21P2-2. The normalized spacial score (nSPS) is 13.9. The van der Waals surface area contributed by atoms with Crippen molar-refractivity contribution in [2.24, 2.45) is 5.92 Å².